The Hall–Kier alpha value is -2.62. The molecule has 0 unspecified atom stereocenters. The molecule has 0 fully saturated rings. The van der Waals surface area contributed by atoms with Crippen LogP contribution in [0.1, 0.15) is 18.5 Å². The monoisotopic (exact) mass is 317 g/mol. The zero-order valence-corrected chi connectivity index (χ0v) is 11.3. The number of nitro groups is 1. The lowest BCUT2D eigenvalue weighted by atomic mass is 9.98. The first-order chi connectivity index (χ1) is 10.1. The molecule has 0 saturated carbocycles. The summed E-state index contributed by atoms with van der Waals surface area (Å²) >= 11 is 0. The third-order valence-electron chi connectivity index (χ3n) is 2.91. The largest absolute Gasteiger partial charge is 0.477 e. The lowest BCUT2D eigenvalue weighted by Gasteiger charge is -2.27. The van der Waals surface area contributed by atoms with Crippen molar-refractivity contribution in [3.05, 3.63) is 39.9 Å². The van der Waals surface area contributed by atoms with Gasteiger partial charge in [0, 0.05) is 12.1 Å². The Morgan fingerprint density at radius 2 is 2.05 bits per heavy atom. The molecule has 0 radical (unpaired) electrons. The van der Waals surface area contributed by atoms with Crippen molar-refractivity contribution < 1.29 is 28.4 Å². The number of amides is 1. The molecule has 0 saturated heterocycles. The summed E-state index contributed by atoms with van der Waals surface area (Å²) in [6, 6.07) is 0.672. The van der Waals surface area contributed by atoms with E-state index in [1.165, 1.54) is 6.92 Å². The van der Waals surface area contributed by atoms with Gasteiger partial charge < -0.3 is 10.8 Å². The molecule has 0 aliphatic heterocycles. The molecule has 1 amide bonds. The normalized spacial score (nSPS) is 14.1. The van der Waals surface area contributed by atoms with Crippen LogP contribution in [0, 0.1) is 10.1 Å². The molecule has 1 aromatic rings. The molecule has 120 valence electrons. The number of carbonyl (C=O) groups excluding carboxylic acids is 1. The number of hydrogen-bond acceptors (Lipinski definition) is 5. The van der Waals surface area contributed by atoms with Crippen molar-refractivity contribution in [2.75, 3.05) is 0 Å². The van der Waals surface area contributed by atoms with Gasteiger partial charge in [-0.3, -0.25) is 20.2 Å². The maximum Gasteiger partial charge on any atom is 0.376 e. The van der Waals surface area contributed by atoms with E-state index in [0.29, 0.717) is 0 Å². The summed E-state index contributed by atoms with van der Waals surface area (Å²) in [6.45, 7) is 1.17. The van der Waals surface area contributed by atoms with Crippen molar-refractivity contribution in [2.24, 2.45) is 5.73 Å². The van der Waals surface area contributed by atoms with E-state index in [-0.39, 0.29) is 5.56 Å². The van der Waals surface area contributed by atoms with E-state index in [1.54, 1.807) is 0 Å². The standard InChI is InChI=1S/C12H13F2N3O5/c1-6(10(15)18)16-9(12(13,14)11(19)20)7-3-2-4-8(5-7)17(21)22/h2-6,9,16H,1H3,(H2,15,18)(H,19,20)/t6-,9-/m0/s1. The second kappa shape index (κ2) is 6.43. The average molecular weight is 317 g/mol. The number of primary amides is 1. The Labute approximate surface area is 123 Å². The van der Waals surface area contributed by atoms with E-state index in [4.69, 9.17) is 10.8 Å². The Balaban J connectivity index is 3.31. The van der Waals surface area contributed by atoms with E-state index in [9.17, 15) is 28.5 Å². The highest BCUT2D eigenvalue weighted by atomic mass is 19.3. The Morgan fingerprint density at radius 3 is 2.50 bits per heavy atom. The number of carboxylic acids is 1. The number of alkyl halides is 2. The van der Waals surface area contributed by atoms with Crippen molar-refractivity contribution in [1.29, 1.82) is 0 Å². The van der Waals surface area contributed by atoms with Crippen LogP contribution in [-0.2, 0) is 9.59 Å². The number of benzene rings is 1. The number of rotatable bonds is 7. The molecule has 1 rings (SSSR count). The van der Waals surface area contributed by atoms with Gasteiger partial charge >= 0.3 is 11.9 Å². The van der Waals surface area contributed by atoms with Gasteiger partial charge in [-0.15, -0.1) is 0 Å². The van der Waals surface area contributed by atoms with Gasteiger partial charge in [-0.1, -0.05) is 12.1 Å². The predicted molar refractivity (Wildman–Crippen MR) is 70.2 cm³/mol. The highest BCUT2D eigenvalue weighted by Crippen LogP contribution is 2.33. The van der Waals surface area contributed by atoms with Crippen molar-refractivity contribution >= 4 is 17.6 Å². The van der Waals surface area contributed by atoms with Crippen LogP contribution in [0.25, 0.3) is 0 Å². The van der Waals surface area contributed by atoms with Crippen LogP contribution in [0.2, 0.25) is 0 Å². The van der Waals surface area contributed by atoms with Crippen LogP contribution in [-0.4, -0.2) is 33.9 Å². The lowest BCUT2D eigenvalue weighted by Crippen LogP contribution is -2.49. The molecule has 4 N–H and O–H groups in total. The van der Waals surface area contributed by atoms with E-state index in [0.717, 1.165) is 24.3 Å². The minimum absolute atomic E-state index is 0.352. The van der Waals surface area contributed by atoms with Crippen LogP contribution >= 0.6 is 0 Å². The number of nitrogens with zero attached hydrogens (tertiary/aromatic N) is 1. The first kappa shape index (κ1) is 17.4. The third kappa shape index (κ3) is 3.73. The quantitative estimate of drug-likeness (QED) is 0.503. The fourth-order valence-corrected chi connectivity index (χ4v) is 1.68. The molecule has 10 heteroatoms. The summed E-state index contributed by atoms with van der Waals surface area (Å²) in [4.78, 5) is 31.7. The molecular weight excluding hydrogens is 304 g/mol. The number of aliphatic carboxylic acids is 1. The van der Waals surface area contributed by atoms with E-state index in [2.05, 4.69) is 5.32 Å². The minimum Gasteiger partial charge on any atom is -0.477 e. The molecule has 0 bridgehead atoms. The second-order valence-corrected chi connectivity index (χ2v) is 4.50. The van der Waals surface area contributed by atoms with Gasteiger partial charge in [0.05, 0.1) is 11.0 Å². The van der Waals surface area contributed by atoms with E-state index >= 15 is 0 Å². The van der Waals surface area contributed by atoms with Gasteiger partial charge in [0.1, 0.15) is 6.04 Å². The van der Waals surface area contributed by atoms with Crippen molar-refractivity contribution in [1.82, 2.24) is 5.32 Å². The van der Waals surface area contributed by atoms with Crippen molar-refractivity contribution in [2.45, 2.75) is 24.9 Å². The van der Waals surface area contributed by atoms with Crippen molar-refractivity contribution in [3.8, 4) is 0 Å². The van der Waals surface area contributed by atoms with Gasteiger partial charge in [0.2, 0.25) is 5.91 Å². The number of carbonyl (C=O) groups is 2. The van der Waals surface area contributed by atoms with E-state index < -0.39 is 40.5 Å². The second-order valence-electron chi connectivity index (χ2n) is 4.50. The fraction of sp³-hybridized carbons (Fsp3) is 0.333. The zero-order valence-electron chi connectivity index (χ0n) is 11.3. The van der Waals surface area contributed by atoms with Gasteiger partial charge in [-0.25, -0.2) is 4.79 Å². The zero-order chi connectivity index (χ0) is 17.1. The summed E-state index contributed by atoms with van der Waals surface area (Å²) in [6.07, 6.45) is 0. The number of nitrogens with two attached hydrogens (primary N) is 1. The molecule has 0 heterocycles. The van der Waals surface area contributed by atoms with Crippen LogP contribution in [0.3, 0.4) is 0 Å². The first-order valence-electron chi connectivity index (χ1n) is 5.98. The van der Waals surface area contributed by atoms with Gasteiger partial charge in [-0.05, 0) is 12.5 Å². The third-order valence-corrected chi connectivity index (χ3v) is 2.91. The molecule has 8 nitrogen and oxygen atoms in total. The summed E-state index contributed by atoms with van der Waals surface area (Å²) in [5.41, 5.74) is 4.12. The first-order valence-corrected chi connectivity index (χ1v) is 5.98. The molecule has 1 aromatic carbocycles. The number of nitrogens with one attached hydrogen (secondary N) is 1. The Kier molecular flexibility index (Phi) is 5.10. The number of nitro benzene ring substituents is 1. The number of hydrogen-bond donors (Lipinski definition) is 3. The molecular formula is C12H13F2N3O5. The predicted octanol–water partition coefficient (Wildman–Crippen LogP) is 0.819. The molecule has 0 spiro atoms. The highest BCUT2D eigenvalue weighted by molar-refractivity contribution is 5.80. The number of carboxylic acid groups (broad SMARTS) is 1. The van der Waals surface area contributed by atoms with Crippen LogP contribution < -0.4 is 11.1 Å². The number of non-ortho nitro benzene ring substituents is 1. The van der Waals surface area contributed by atoms with Gasteiger partial charge in [-0.2, -0.15) is 8.78 Å². The average Bonchev–Trinajstić information content (AvgIpc) is 2.43. The van der Waals surface area contributed by atoms with Gasteiger partial charge in [0.15, 0.2) is 0 Å². The van der Waals surface area contributed by atoms with Crippen LogP contribution in [0.4, 0.5) is 14.5 Å². The Bertz CT molecular complexity index is 608. The smallest absolute Gasteiger partial charge is 0.376 e. The summed E-state index contributed by atoms with van der Waals surface area (Å²) < 4.78 is 27.7. The summed E-state index contributed by atoms with van der Waals surface area (Å²) in [7, 11) is 0. The molecule has 22 heavy (non-hydrogen) atoms. The number of halogens is 2. The fourth-order valence-electron chi connectivity index (χ4n) is 1.68. The maximum absolute atomic E-state index is 13.9. The summed E-state index contributed by atoms with van der Waals surface area (Å²) in [5, 5.41) is 21.5. The molecule has 0 aromatic heterocycles. The van der Waals surface area contributed by atoms with Crippen LogP contribution in [0.5, 0.6) is 0 Å². The molecule has 0 aliphatic carbocycles. The topological polar surface area (TPSA) is 136 Å². The van der Waals surface area contributed by atoms with E-state index in [1.807, 2.05) is 0 Å². The van der Waals surface area contributed by atoms with Crippen LogP contribution in [0.15, 0.2) is 24.3 Å². The SMILES string of the molecule is C[C@H](N[C@@H](c1cccc([N+](=O)[O-])c1)C(F)(F)C(=O)O)C(N)=O. The highest BCUT2D eigenvalue weighted by Gasteiger charge is 2.49. The summed E-state index contributed by atoms with van der Waals surface area (Å²) in [5.74, 6) is -7.72. The minimum atomic E-state index is -4.31. The lowest BCUT2D eigenvalue weighted by molar-refractivity contribution is -0.385. The molecule has 2 atom stereocenters. The molecule has 0 aliphatic rings. The Morgan fingerprint density at radius 1 is 1.45 bits per heavy atom. The maximum atomic E-state index is 13.9. The van der Waals surface area contributed by atoms with Gasteiger partial charge in [0.25, 0.3) is 5.69 Å². The van der Waals surface area contributed by atoms with Crippen molar-refractivity contribution in [3.63, 3.8) is 0 Å².